The van der Waals surface area contributed by atoms with Crippen molar-refractivity contribution in [3.63, 3.8) is 0 Å². The van der Waals surface area contributed by atoms with Crippen molar-refractivity contribution >= 4 is 6.08 Å². The monoisotopic (exact) mass is 208 g/mol. The first-order chi connectivity index (χ1) is 7.72. The normalized spacial score (nSPS) is 30.6. The molecule has 2 atom stereocenters. The van der Waals surface area contributed by atoms with Gasteiger partial charge in [-0.3, -0.25) is 0 Å². The maximum Gasteiger partial charge on any atom is 0.0170 e. The molecule has 2 aliphatic rings. The van der Waals surface area contributed by atoms with E-state index in [9.17, 15) is 0 Å². The Morgan fingerprint density at radius 2 is 2.00 bits per heavy atom. The predicted octanol–water partition coefficient (Wildman–Crippen LogP) is 4.32. The highest BCUT2D eigenvalue weighted by atomic mass is 14.4. The van der Waals surface area contributed by atoms with Crippen molar-refractivity contribution in [2.75, 3.05) is 0 Å². The van der Waals surface area contributed by atoms with E-state index in [4.69, 9.17) is 0 Å². The minimum Gasteiger partial charge on any atom is -0.0758 e. The van der Waals surface area contributed by atoms with Crippen LogP contribution in [0.25, 0.3) is 6.08 Å². The fraction of sp³-hybridized carbons (Fsp3) is 0.250. The van der Waals surface area contributed by atoms with Gasteiger partial charge in [0.25, 0.3) is 0 Å². The molecule has 16 heavy (non-hydrogen) atoms. The van der Waals surface area contributed by atoms with Gasteiger partial charge in [0.1, 0.15) is 0 Å². The van der Waals surface area contributed by atoms with E-state index in [1.807, 2.05) is 0 Å². The predicted molar refractivity (Wildman–Crippen MR) is 69.2 cm³/mol. The third kappa shape index (κ3) is 1.16. The highest BCUT2D eigenvalue weighted by Crippen LogP contribution is 2.49. The first kappa shape index (κ1) is 9.65. The van der Waals surface area contributed by atoms with Crippen molar-refractivity contribution in [1.29, 1.82) is 0 Å². The van der Waals surface area contributed by atoms with Crippen LogP contribution in [-0.2, 0) is 0 Å². The number of allylic oxidation sites excluding steroid dienone is 5. The van der Waals surface area contributed by atoms with Crippen LogP contribution < -0.4 is 0 Å². The largest absolute Gasteiger partial charge is 0.0758 e. The van der Waals surface area contributed by atoms with Crippen LogP contribution in [0, 0.1) is 5.41 Å². The molecule has 0 heterocycles. The first-order valence-corrected chi connectivity index (χ1v) is 5.85. The summed E-state index contributed by atoms with van der Waals surface area (Å²) in [6.07, 6.45) is 11.4. The summed E-state index contributed by atoms with van der Waals surface area (Å²) >= 11 is 0. The Bertz CT molecular complexity index is 517. The molecule has 0 aromatic heterocycles. The van der Waals surface area contributed by atoms with Crippen molar-refractivity contribution < 1.29 is 0 Å². The third-order valence-electron chi connectivity index (χ3n) is 4.09. The van der Waals surface area contributed by atoms with Crippen LogP contribution in [0.3, 0.4) is 0 Å². The molecule has 0 spiro atoms. The van der Waals surface area contributed by atoms with Crippen molar-refractivity contribution in [3.8, 4) is 0 Å². The molecule has 2 unspecified atom stereocenters. The second-order valence-electron chi connectivity index (χ2n) is 4.96. The average molecular weight is 208 g/mol. The number of fused-ring (bicyclic) bond motifs is 3. The van der Waals surface area contributed by atoms with Gasteiger partial charge in [-0.1, -0.05) is 67.1 Å². The van der Waals surface area contributed by atoms with E-state index in [1.54, 1.807) is 0 Å². The molecule has 0 saturated heterocycles. The van der Waals surface area contributed by atoms with Crippen LogP contribution in [0.4, 0.5) is 0 Å². The lowest BCUT2D eigenvalue weighted by molar-refractivity contribution is 0.448. The van der Waals surface area contributed by atoms with E-state index < -0.39 is 0 Å². The van der Waals surface area contributed by atoms with E-state index in [2.05, 4.69) is 68.5 Å². The summed E-state index contributed by atoms with van der Waals surface area (Å²) < 4.78 is 0. The Labute approximate surface area is 97.0 Å². The lowest BCUT2D eigenvalue weighted by Crippen LogP contribution is -2.28. The fourth-order valence-corrected chi connectivity index (χ4v) is 2.81. The fourth-order valence-electron chi connectivity index (χ4n) is 2.81. The van der Waals surface area contributed by atoms with Gasteiger partial charge >= 0.3 is 0 Å². The summed E-state index contributed by atoms with van der Waals surface area (Å²) in [5, 5.41) is 0. The molecule has 0 nitrogen and oxygen atoms in total. The Morgan fingerprint density at radius 1 is 1.19 bits per heavy atom. The molecule has 2 aliphatic carbocycles. The maximum absolute atomic E-state index is 2.36. The zero-order chi connectivity index (χ0) is 11.2. The second kappa shape index (κ2) is 3.21. The highest BCUT2D eigenvalue weighted by molar-refractivity contribution is 5.63. The zero-order valence-electron chi connectivity index (χ0n) is 9.77. The zero-order valence-corrected chi connectivity index (χ0v) is 9.77. The van der Waals surface area contributed by atoms with E-state index in [-0.39, 0.29) is 5.41 Å². The van der Waals surface area contributed by atoms with E-state index in [1.165, 1.54) is 16.7 Å². The third-order valence-corrected chi connectivity index (χ3v) is 4.09. The van der Waals surface area contributed by atoms with Gasteiger partial charge in [0.15, 0.2) is 0 Å². The van der Waals surface area contributed by atoms with Crippen LogP contribution in [0.5, 0.6) is 0 Å². The van der Waals surface area contributed by atoms with Gasteiger partial charge in [0, 0.05) is 11.3 Å². The van der Waals surface area contributed by atoms with E-state index >= 15 is 0 Å². The van der Waals surface area contributed by atoms with Crippen molar-refractivity contribution in [2.24, 2.45) is 5.41 Å². The number of rotatable bonds is 0. The molecule has 3 rings (SSSR count). The molecule has 0 aliphatic heterocycles. The van der Waals surface area contributed by atoms with Gasteiger partial charge in [-0.15, -0.1) is 0 Å². The smallest absolute Gasteiger partial charge is 0.0170 e. The van der Waals surface area contributed by atoms with Crippen LogP contribution in [0.2, 0.25) is 0 Å². The number of benzene rings is 1. The van der Waals surface area contributed by atoms with Gasteiger partial charge in [0.2, 0.25) is 0 Å². The van der Waals surface area contributed by atoms with Crippen LogP contribution in [0.15, 0.2) is 54.1 Å². The molecule has 0 amide bonds. The number of hydrogen-bond acceptors (Lipinski definition) is 0. The molecule has 0 radical (unpaired) electrons. The molecular weight excluding hydrogens is 192 g/mol. The Kier molecular flexibility index (Phi) is 1.94. The molecule has 1 aromatic carbocycles. The molecule has 1 aromatic rings. The van der Waals surface area contributed by atoms with Gasteiger partial charge in [-0.05, 0) is 18.1 Å². The quantitative estimate of drug-likeness (QED) is 0.595. The summed E-state index contributed by atoms with van der Waals surface area (Å²) in [7, 11) is 0. The van der Waals surface area contributed by atoms with Crippen molar-refractivity contribution in [3.05, 3.63) is 65.3 Å². The first-order valence-electron chi connectivity index (χ1n) is 5.85. The summed E-state index contributed by atoms with van der Waals surface area (Å²) in [4.78, 5) is 0. The van der Waals surface area contributed by atoms with Crippen molar-refractivity contribution in [2.45, 2.75) is 19.8 Å². The van der Waals surface area contributed by atoms with Crippen LogP contribution in [-0.4, -0.2) is 0 Å². The molecule has 0 heteroatoms. The topological polar surface area (TPSA) is 0 Å². The molecule has 0 saturated carbocycles. The van der Waals surface area contributed by atoms with Gasteiger partial charge in [-0.2, -0.15) is 0 Å². The van der Waals surface area contributed by atoms with Gasteiger partial charge < -0.3 is 0 Å². The van der Waals surface area contributed by atoms with E-state index in [0.717, 1.165) is 0 Å². The minimum absolute atomic E-state index is 0.170. The Balaban J connectivity index is 2.22. The second-order valence-corrected chi connectivity index (χ2v) is 4.96. The highest BCUT2D eigenvalue weighted by Gasteiger charge is 2.37. The van der Waals surface area contributed by atoms with Gasteiger partial charge in [-0.25, -0.2) is 0 Å². The molecule has 0 N–H and O–H groups in total. The molecule has 80 valence electrons. The molecular formula is C16H16. The van der Waals surface area contributed by atoms with Crippen LogP contribution in [0.1, 0.15) is 30.9 Å². The average Bonchev–Trinajstić information content (AvgIpc) is 2.31. The Morgan fingerprint density at radius 3 is 2.88 bits per heavy atom. The Hall–Kier alpha value is -1.56. The standard InChI is InChI=1S/C16H16/c1-12-6-5-9-15-14-8-4-3-7-13(14)10-11-16(12,15)2/h3-11,15H,1-2H3. The summed E-state index contributed by atoms with van der Waals surface area (Å²) in [5.74, 6) is 0.499. The lowest BCUT2D eigenvalue weighted by atomic mass is 9.63. The number of hydrogen-bond donors (Lipinski definition) is 0. The maximum atomic E-state index is 2.36. The summed E-state index contributed by atoms with van der Waals surface area (Å²) in [6.45, 7) is 4.56. The lowest BCUT2D eigenvalue weighted by Gasteiger charge is -2.40. The van der Waals surface area contributed by atoms with Crippen molar-refractivity contribution in [1.82, 2.24) is 0 Å². The summed E-state index contributed by atoms with van der Waals surface area (Å²) in [5.41, 5.74) is 4.44. The molecule has 0 fully saturated rings. The van der Waals surface area contributed by atoms with Gasteiger partial charge in [0.05, 0.1) is 0 Å². The molecule has 0 bridgehead atoms. The summed E-state index contributed by atoms with van der Waals surface area (Å²) in [6, 6.07) is 8.71. The van der Waals surface area contributed by atoms with Crippen LogP contribution >= 0.6 is 0 Å². The van der Waals surface area contributed by atoms with E-state index in [0.29, 0.717) is 5.92 Å². The minimum atomic E-state index is 0.170. The SMILES string of the molecule is CC1=CC=CC2c3ccccc3C=CC12C.